The van der Waals surface area contributed by atoms with Crippen molar-refractivity contribution in [3.63, 3.8) is 0 Å². The highest BCUT2D eigenvalue weighted by molar-refractivity contribution is 7.13. The summed E-state index contributed by atoms with van der Waals surface area (Å²) in [7, 11) is 0. The molecule has 2 aromatic rings. The molecule has 21 heavy (non-hydrogen) atoms. The summed E-state index contributed by atoms with van der Waals surface area (Å²) in [5.41, 5.74) is -0.223. The molecule has 0 radical (unpaired) electrons. The van der Waals surface area contributed by atoms with Gasteiger partial charge in [0.2, 0.25) is 11.7 Å². The van der Waals surface area contributed by atoms with Crippen LogP contribution in [0.2, 0.25) is 0 Å². The summed E-state index contributed by atoms with van der Waals surface area (Å²) in [6.45, 7) is 7.14. The van der Waals surface area contributed by atoms with Crippen LogP contribution in [0.4, 0.5) is 4.79 Å². The molecule has 0 aromatic carbocycles. The van der Waals surface area contributed by atoms with Gasteiger partial charge >= 0.3 is 6.03 Å². The van der Waals surface area contributed by atoms with Gasteiger partial charge in [0.05, 0.1) is 10.8 Å². The monoisotopic (exact) mass is 306 g/mol. The number of carbonyl (C=O) groups excluding carboxylic acids is 1. The fraction of sp³-hybridized carbons (Fsp3) is 0.500. The highest BCUT2D eigenvalue weighted by Crippen LogP contribution is 2.29. The lowest BCUT2D eigenvalue weighted by Crippen LogP contribution is -2.56. The molecule has 0 atom stereocenters. The molecule has 2 amide bonds. The quantitative estimate of drug-likeness (QED) is 0.926. The van der Waals surface area contributed by atoms with E-state index in [-0.39, 0.29) is 17.5 Å². The van der Waals surface area contributed by atoms with E-state index in [2.05, 4.69) is 15.5 Å². The number of amides is 2. The number of rotatable bonds is 2. The Kier molecular flexibility index (Phi) is 3.44. The van der Waals surface area contributed by atoms with E-state index < -0.39 is 0 Å². The van der Waals surface area contributed by atoms with E-state index >= 15 is 0 Å². The zero-order valence-electron chi connectivity index (χ0n) is 12.3. The number of hydrogen-bond acceptors (Lipinski definition) is 5. The molecule has 1 N–H and O–H groups in total. The van der Waals surface area contributed by atoms with Crippen LogP contribution in [0.5, 0.6) is 0 Å². The Bertz CT molecular complexity index is 624. The summed E-state index contributed by atoms with van der Waals surface area (Å²) in [4.78, 5) is 19.1. The number of likely N-dealkylation sites (tertiary alicyclic amines) is 1. The lowest BCUT2D eigenvalue weighted by Gasteiger charge is -2.38. The molecule has 1 saturated heterocycles. The van der Waals surface area contributed by atoms with Gasteiger partial charge in [0, 0.05) is 18.6 Å². The molecule has 7 heteroatoms. The van der Waals surface area contributed by atoms with E-state index in [1.54, 1.807) is 16.2 Å². The van der Waals surface area contributed by atoms with E-state index in [1.165, 1.54) is 0 Å². The molecule has 2 aromatic heterocycles. The number of nitrogens with zero attached hydrogens (tertiary/aromatic N) is 3. The van der Waals surface area contributed by atoms with Crippen LogP contribution in [0.1, 0.15) is 32.6 Å². The van der Waals surface area contributed by atoms with Crippen LogP contribution in [-0.4, -0.2) is 39.7 Å². The number of hydrogen-bond donors (Lipinski definition) is 1. The smallest absolute Gasteiger partial charge is 0.317 e. The van der Waals surface area contributed by atoms with Gasteiger partial charge < -0.3 is 14.7 Å². The second-order valence-electron chi connectivity index (χ2n) is 6.22. The third-order valence-corrected chi connectivity index (χ3v) is 4.05. The Morgan fingerprint density at radius 3 is 2.86 bits per heavy atom. The Balaban J connectivity index is 1.58. The molecule has 0 unspecified atom stereocenters. The predicted molar refractivity (Wildman–Crippen MR) is 80.2 cm³/mol. The van der Waals surface area contributed by atoms with Crippen LogP contribution < -0.4 is 5.32 Å². The van der Waals surface area contributed by atoms with Gasteiger partial charge in [-0.15, -0.1) is 11.3 Å². The molecule has 1 fully saturated rings. The molecule has 112 valence electrons. The van der Waals surface area contributed by atoms with Gasteiger partial charge in [-0.25, -0.2) is 4.79 Å². The van der Waals surface area contributed by atoms with Crippen molar-refractivity contribution in [2.75, 3.05) is 13.1 Å². The van der Waals surface area contributed by atoms with Gasteiger partial charge in [0.15, 0.2) is 0 Å². The first-order valence-corrected chi connectivity index (χ1v) is 7.75. The Hall–Kier alpha value is -1.89. The van der Waals surface area contributed by atoms with Crippen molar-refractivity contribution in [3.05, 3.63) is 23.4 Å². The lowest BCUT2D eigenvalue weighted by molar-refractivity contribution is 0.131. The van der Waals surface area contributed by atoms with E-state index in [9.17, 15) is 4.79 Å². The molecule has 3 heterocycles. The van der Waals surface area contributed by atoms with Crippen LogP contribution in [-0.2, 0) is 0 Å². The summed E-state index contributed by atoms with van der Waals surface area (Å²) in [5, 5.41) is 8.92. The topological polar surface area (TPSA) is 71.3 Å². The summed E-state index contributed by atoms with van der Waals surface area (Å²) in [6.07, 6.45) is 0. The van der Waals surface area contributed by atoms with Gasteiger partial charge in [-0.05, 0) is 32.2 Å². The SMILES string of the molecule is CC(C)(C)NC(=O)N1CC(c2nc(-c3cccs3)no2)C1. The number of thiophene rings is 1. The molecule has 0 spiro atoms. The number of urea groups is 1. The van der Waals surface area contributed by atoms with Crippen molar-refractivity contribution in [1.82, 2.24) is 20.4 Å². The fourth-order valence-corrected chi connectivity index (χ4v) is 2.76. The van der Waals surface area contributed by atoms with Crippen LogP contribution in [0.3, 0.4) is 0 Å². The van der Waals surface area contributed by atoms with Crippen LogP contribution in [0.15, 0.2) is 22.0 Å². The van der Waals surface area contributed by atoms with E-state index in [0.29, 0.717) is 24.8 Å². The first-order chi connectivity index (χ1) is 9.92. The van der Waals surface area contributed by atoms with Gasteiger partial charge in [-0.3, -0.25) is 0 Å². The van der Waals surface area contributed by atoms with E-state index in [4.69, 9.17) is 4.52 Å². The van der Waals surface area contributed by atoms with Gasteiger partial charge in [-0.1, -0.05) is 11.2 Å². The molecule has 0 bridgehead atoms. The molecule has 1 aliphatic rings. The van der Waals surface area contributed by atoms with Crippen molar-refractivity contribution in [3.8, 4) is 10.7 Å². The molecule has 0 saturated carbocycles. The Morgan fingerprint density at radius 1 is 1.48 bits per heavy atom. The lowest BCUT2D eigenvalue weighted by atomic mass is 10.0. The summed E-state index contributed by atoms with van der Waals surface area (Å²) in [6, 6.07) is 3.87. The normalized spacial score (nSPS) is 15.9. The molecule has 0 aliphatic carbocycles. The standard InChI is InChI=1S/C14H18N4O2S/c1-14(2,3)16-13(19)18-7-9(8-18)12-15-11(17-20-12)10-5-4-6-21-10/h4-6,9H,7-8H2,1-3H3,(H,16,19). The zero-order chi connectivity index (χ0) is 15.0. The average molecular weight is 306 g/mol. The van der Waals surface area contributed by atoms with Crippen LogP contribution in [0.25, 0.3) is 10.7 Å². The molecule has 6 nitrogen and oxygen atoms in total. The summed E-state index contributed by atoms with van der Waals surface area (Å²) in [5.74, 6) is 1.37. The maximum atomic E-state index is 12.0. The third kappa shape index (κ3) is 3.07. The minimum atomic E-state index is -0.223. The van der Waals surface area contributed by atoms with Crippen molar-refractivity contribution in [1.29, 1.82) is 0 Å². The zero-order valence-corrected chi connectivity index (χ0v) is 13.1. The summed E-state index contributed by atoms with van der Waals surface area (Å²) < 4.78 is 5.31. The predicted octanol–water partition coefficient (Wildman–Crippen LogP) is 2.71. The number of carbonyl (C=O) groups is 1. The first-order valence-electron chi connectivity index (χ1n) is 6.87. The van der Waals surface area contributed by atoms with Gasteiger partial charge in [-0.2, -0.15) is 4.98 Å². The van der Waals surface area contributed by atoms with E-state index in [1.807, 2.05) is 38.3 Å². The van der Waals surface area contributed by atoms with E-state index in [0.717, 1.165) is 4.88 Å². The first kappa shape index (κ1) is 14.1. The second-order valence-corrected chi connectivity index (χ2v) is 7.16. The Morgan fingerprint density at radius 2 is 2.24 bits per heavy atom. The second kappa shape index (κ2) is 5.14. The molecule has 3 rings (SSSR count). The molecular formula is C14H18N4O2S. The number of nitrogens with one attached hydrogen (secondary N) is 1. The maximum Gasteiger partial charge on any atom is 0.317 e. The van der Waals surface area contributed by atoms with Gasteiger partial charge in [0.1, 0.15) is 0 Å². The molecule has 1 aliphatic heterocycles. The minimum Gasteiger partial charge on any atom is -0.339 e. The maximum absolute atomic E-state index is 12.0. The Labute approximate surface area is 127 Å². The summed E-state index contributed by atoms with van der Waals surface area (Å²) >= 11 is 1.58. The highest BCUT2D eigenvalue weighted by Gasteiger charge is 2.36. The van der Waals surface area contributed by atoms with Gasteiger partial charge in [0.25, 0.3) is 0 Å². The fourth-order valence-electron chi connectivity index (χ4n) is 2.11. The van der Waals surface area contributed by atoms with Crippen molar-refractivity contribution in [2.24, 2.45) is 0 Å². The average Bonchev–Trinajstić information content (AvgIpc) is 2.93. The van der Waals surface area contributed by atoms with Crippen molar-refractivity contribution < 1.29 is 9.32 Å². The largest absolute Gasteiger partial charge is 0.339 e. The van der Waals surface area contributed by atoms with Crippen molar-refractivity contribution in [2.45, 2.75) is 32.2 Å². The number of aromatic nitrogens is 2. The third-order valence-electron chi connectivity index (χ3n) is 3.18. The van der Waals surface area contributed by atoms with Crippen molar-refractivity contribution >= 4 is 17.4 Å². The molecular weight excluding hydrogens is 288 g/mol. The van der Waals surface area contributed by atoms with Crippen LogP contribution in [0, 0.1) is 0 Å². The van der Waals surface area contributed by atoms with Crippen LogP contribution >= 0.6 is 11.3 Å². The highest BCUT2D eigenvalue weighted by atomic mass is 32.1. The minimum absolute atomic E-state index is 0.0447.